The van der Waals surface area contributed by atoms with Crippen LogP contribution in [0.4, 0.5) is 0 Å². The van der Waals surface area contributed by atoms with Crippen LogP contribution in [0.2, 0.25) is 5.02 Å². The number of benzene rings is 1. The molecule has 0 aliphatic heterocycles. The fourth-order valence-electron chi connectivity index (χ4n) is 2.38. The number of thioether (sulfide) groups is 1. The number of carbonyl (C=O) groups excluding carboxylic acids is 1. The summed E-state index contributed by atoms with van der Waals surface area (Å²) in [5.74, 6) is -0.515. The average Bonchev–Trinajstić information content (AvgIpc) is 3.03. The number of quaternary nitrogens is 1. The Bertz CT molecular complexity index is 871. The van der Waals surface area contributed by atoms with Crippen molar-refractivity contribution in [2.75, 3.05) is 19.8 Å². The molecule has 0 aliphatic rings. The van der Waals surface area contributed by atoms with Crippen molar-refractivity contribution in [1.29, 1.82) is 10.7 Å². The highest BCUT2D eigenvalue weighted by atomic mass is 35.5. The third-order valence-corrected chi connectivity index (χ3v) is 5.43. The fraction of sp³-hybridized carbons (Fsp3) is 0.389. The van der Waals surface area contributed by atoms with Crippen molar-refractivity contribution in [1.82, 2.24) is 14.8 Å². The Morgan fingerprint density at radius 1 is 1.37 bits per heavy atom. The van der Waals surface area contributed by atoms with Gasteiger partial charge in [0.25, 0.3) is 0 Å². The van der Waals surface area contributed by atoms with E-state index in [4.69, 9.17) is 22.3 Å². The van der Waals surface area contributed by atoms with Gasteiger partial charge in [0, 0.05) is 16.4 Å². The smallest absolute Gasteiger partial charge is 0.196 e. The van der Waals surface area contributed by atoms with Crippen LogP contribution < -0.4 is 4.90 Å². The molecule has 2 atom stereocenters. The molecule has 7 nitrogen and oxygen atoms in total. The number of hydrogen-bond donors (Lipinski definition) is 2. The van der Waals surface area contributed by atoms with Crippen LogP contribution in [0.15, 0.2) is 29.4 Å². The van der Waals surface area contributed by atoms with E-state index in [9.17, 15) is 4.79 Å². The van der Waals surface area contributed by atoms with Gasteiger partial charge in [-0.05, 0) is 38.1 Å². The Morgan fingerprint density at radius 2 is 2.00 bits per heavy atom. The van der Waals surface area contributed by atoms with E-state index in [1.165, 1.54) is 23.6 Å². The molecule has 0 spiro atoms. The standard InChI is InChI=1S/C18H21ClN6OS/c1-11(21)15(9-20)16(26)10-27-18-23-22-17(12(2)24(3)4)25(18)14-7-5-13(19)6-8-14/h5-8,12,15,21H,10H2,1-4H3/p+1/t12-,15-/m1/s1. The maximum absolute atomic E-state index is 12.3. The topological polar surface area (TPSA) is 99.9 Å². The molecular formula is C18H22ClN6OS+. The van der Waals surface area contributed by atoms with Gasteiger partial charge < -0.3 is 10.3 Å². The van der Waals surface area contributed by atoms with Crippen LogP contribution in [0, 0.1) is 22.7 Å². The second-order valence-corrected chi connectivity index (χ2v) is 7.83. The van der Waals surface area contributed by atoms with Crippen molar-refractivity contribution in [2.24, 2.45) is 5.92 Å². The summed E-state index contributed by atoms with van der Waals surface area (Å²) >= 11 is 7.22. The van der Waals surface area contributed by atoms with Gasteiger partial charge in [-0.25, -0.2) is 0 Å². The van der Waals surface area contributed by atoms with Crippen molar-refractivity contribution in [2.45, 2.75) is 25.0 Å². The maximum atomic E-state index is 12.3. The molecular weight excluding hydrogens is 384 g/mol. The summed E-state index contributed by atoms with van der Waals surface area (Å²) in [6.45, 7) is 3.52. The second kappa shape index (κ2) is 9.13. The highest BCUT2D eigenvalue weighted by molar-refractivity contribution is 7.99. The number of nitrogens with one attached hydrogen (secondary N) is 2. The number of rotatable bonds is 8. The molecule has 9 heteroatoms. The van der Waals surface area contributed by atoms with Crippen LogP contribution in [0.25, 0.3) is 5.69 Å². The van der Waals surface area contributed by atoms with Crippen molar-refractivity contribution in [3.8, 4) is 11.8 Å². The molecule has 0 fully saturated rings. The van der Waals surface area contributed by atoms with Crippen molar-refractivity contribution in [3.05, 3.63) is 35.1 Å². The number of Topliss-reactive ketones (excluding diaryl/α,β-unsaturated/α-hetero) is 1. The SMILES string of the molecule is CC(=N)[C@@H](C#N)C(=O)CSc1nnc([C@@H](C)[NH+](C)C)n1-c1ccc(Cl)cc1. The third-order valence-electron chi connectivity index (χ3n) is 4.22. The van der Waals surface area contributed by atoms with Crippen molar-refractivity contribution >= 4 is 34.9 Å². The molecule has 1 aromatic carbocycles. The fourth-order valence-corrected chi connectivity index (χ4v) is 3.37. The van der Waals surface area contributed by atoms with Gasteiger partial charge in [0.2, 0.25) is 0 Å². The lowest BCUT2D eigenvalue weighted by atomic mass is 10.0. The Hall–Kier alpha value is -2.21. The Morgan fingerprint density at radius 3 is 2.52 bits per heavy atom. The van der Waals surface area contributed by atoms with Gasteiger partial charge in [0.15, 0.2) is 16.8 Å². The van der Waals surface area contributed by atoms with E-state index in [1.54, 1.807) is 12.1 Å². The van der Waals surface area contributed by atoms with Gasteiger partial charge in [-0.2, -0.15) is 5.26 Å². The quantitative estimate of drug-likeness (QED) is 0.516. The third kappa shape index (κ3) is 4.95. The molecule has 0 aliphatic carbocycles. The average molecular weight is 406 g/mol. The molecule has 0 amide bonds. The lowest BCUT2D eigenvalue weighted by Crippen LogP contribution is -3.05. The zero-order valence-electron chi connectivity index (χ0n) is 15.7. The molecule has 2 rings (SSSR count). The molecule has 2 aromatic rings. The lowest BCUT2D eigenvalue weighted by molar-refractivity contribution is -0.890. The van der Waals surface area contributed by atoms with E-state index in [1.807, 2.05) is 36.9 Å². The van der Waals surface area contributed by atoms with Crippen molar-refractivity contribution < 1.29 is 9.69 Å². The van der Waals surface area contributed by atoms with Gasteiger partial charge in [0.1, 0.15) is 12.0 Å². The summed E-state index contributed by atoms with van der Waals surface area (Å²) in [5.41, 5.74) is 0.898. The van der Waals surface area contributed by atoms with E-state index < -0.39 is 5.92 Å². The molecule has 0 radical (unpaired) electrons. The first-order chi connectivity index (χ1) is 12.8. The van der Waals surface area contributed by atoms with Crippen LogP contribution in [-0.2, 0) is 4.79 Å². The van der Waals surface area contributed by atoms with Crippen LogP contribution in [0.3, 0.4) is 0 Å². The van der Waals surface area contributed by atoms with Crippen molar-refractivity contribution in [3.63, 3.8) is 0 Å². The predicted molar refractivity (Wildman–Crippen MR) is 106 cm³/mol. The number of nitriles is 1. The minimum absolute atomic E-state index is 0.0450. The minimum Gasteiger partial charge on any atom is -0.331 e. The Kier molecular flexibility index (Phi) is 7.13. The van der Waals surface area contributed by atoms with Crippen LogP contribution in [0.1, 0.15) is 25.7 Å². The second-order valence-electron chi connectivity index (χ2n) is 6.45. The van der Waals surface area contributed by atoms with E-state index in [0.29, 0.717) is 10.2 Å². The monoisotopic (exact) mass is 405 g/mol. The minimum atomic E-state index is -1.02. The zero-order chi connectivity index (χ0) is 20.1. The molecule has 0 bridgehead atoms. The summed E-state index contributed by atoms with van der Waals surface area (Å²) in [4.78, 5) is 13.5. The number of halogens is 1. The molecule has 0 saturated carbocycles. The molecule has 1 heterocycles. The number of carbonyl (C=O) groups is 1. The Balaban J connectivity index is 2.36. The molecule has 0 unspecified atom stereocenters. The Labute approximate surface area is 167 Å². The van der Waals surface area contributed by atoms with E-state index in [2.05, 4.69) is 17.1 Å². The van der Waals surface area contributed by atoms with Crippen LogP contribution in [-0.4, -0.2) is 46.1 Å². The molecule has 0 saturated heterocycles. The predicted octanol–water partition coefficient (Wildman–Crippen LogP) is 1.97. The van der Waals surface area contributed by atoms with Crippen LogP contribution >= 0.6 is 23.4 Å². The summed E-state index contributed by atoms with van der Waals surface area (Å²) < 4.78 is 1.91. The van der Waals surface area contributed by atoms with E-state index in [0.717, 1.165) is 11.5 Å². The highest BCUT2D eigenvalue weighted by Crippen LogP contribution is 2.26. The molecule has 142 valence electrons. The van der Waals surface area contributed by atoms with E-state index >= 15 is 0 Å². The van der Waals surface area contributed by atoms with Crippen LogP contribution in [0.5, 0.6) is 0 Å². The first-order valence-electron chi connectivity index (χ1n) is 8.37. The maximum Gasteiger partial charge on any atom is 0.196 e. The first-order valence-corrected chi connectivity index (χ1v) is 9.74. The van der Waals surface area contributed by atoms with E-state index in [-0.39, 0.29) is 23.3 Å². The largest absolute Gasteiger partial charge is 0.331 e. The zero-order valence-corrected chi connectivity index (χ0v) is 17.2. The molecule has 27 heavy (non-hydrogen) atoms. The lowest BCUT2D eigenvalue weighted by Gasteiger charge is -2.18. The summed E-state index contributed by atoms with van der Waals surface area (Å²) in [6, 6.07) is 9.28. The number of ketones is 1. The van der Waals surface area contributed by atoms with Gasteiger partial charge >= 0.3 is 0 Å². The summed E-state index contributed by atoms with van der Waals surface area (Å²) in [6.07, 6.45) is 0. The number of aromatic nitrogens is 3. The molecule has 2 N–H and O–H groups in total. The van der Waals surface area contributed by atoms with Gasteiger partial charge in [0.05, 0.1) is 25.9 Å². The highest BCUT2D eigenvalue weighted by Gasteiger charge is 2.25. The van der Waals surface area contributed by atoms with Gasteiger partial charge in [-0.1, -0.05) is 23.4 Å². The number of nitrogens with zero attached hydrogens (tertiary/aromatic N) is 4. The van der Waals surface area contributed by atoms with Gasteiger partial charge in [-0.3, -0.25) is 9.36 Å². The molecule has 1 aromatic heterocycles. The normalized spacial score (nSPS) is 13.2. The summed E-state index contributed by atoms with van der Waals surface area (Å²) in [7, 11) is 4.07. The first kappa shape index (κ1) is 21.1. The number of hydrogen-bond acceptors (Lipinski definition) is 6. The summed E-state index contributed by atoms with van der Waals surface area (Å²) in [5, 5.41) is 26.4. The van der Waals surface area contributed by atoms with Gasteiger partial charge in [-0.15, -0.1) is 10.2 Å².